The van der Waals surface area contributed by atoms with Crippen molar-refractivity contribution in [2.45, 2.75) is 39.2 Å². The molecule has 1 aromatic carbocycles. The molecule has 1 aromatic rings. The molecular weight excluding hydrogens is 226 g/mol. The first-order valence-corrected chi connectivity index (χ1v) is 6.53. The number of hydrogen-bond donors (Lipinski definition) is 2. The summed E-state index contributed by atoms with van der Waals surface area (Å²) in [4.78, 5) is 10.8. The average molecular weight is 249 g/mol. The van der Waals surface area contributed by atoms with Gasteiger partial charge < -0.3 is 10.8 Å². The van der Waals surface area contributed by atoms with Gasteiger partial charge in [-0.25, -0.2) is 0 Å². The van der Waals surface area contributed by atoms with Crippen molar-refractivity contribution >= 4 is 5.97 Å². The van der Waals surface area contributed by atoms with Crippen molar-refractivity contribution in [3.63, 3.8) is 0 Å². The third-order valence-electron chi connectivity index (χ3n) is 3.47. The van der Waals surface area contributed by atoms with Crippen molar-refractivity contribution in [3.8, 4) is 0 Å². The molecule has 3 N–H and O–H groups in total. The Hall–Kier alpha value is -1.35. The third kappa shape index (κ3) is 4.88. The zero-order chi connectivity index (χ0) is 13.5. The van der Waals surface area contributed by atoms with Gasteiger partial charge in [-0.1, -0.05) is 44.2 Å². The van der Waals surface area contributed by atoms with Gasteiger partial charge in [0.1, 0.15) is 0 Å². The molecule has 1 unspecified atom stereocenters. The number of nitrogens with two attached hydrogens (primary N) is 1. The van der Waals surface area contributed by atoms with E-state index in [0.717, 1.165) is 19.3 Å². The molecule has 3 atom stereocenters. The van der Waals surface area contributed by atoms with Gasteiger partial charge in [-0.05, 0) is 30.7 Å². The number of aryl methyl sites for hydroxylation is 1. The van der Waals surface area contributed by atoms with Gasteiger partial charge in [0.25, 0.3) is 0 Å². The molecule has 3 nitrogen and oxygen atoms in total. The van der Waals surface area contributed by atoms with E-state index in [4.69, 9.17) is 10.8 Å². The second-order valence-corrected chi connectivity index (χ2v) is 5.16. The van der Waals surface area contributed by atoms with Gasteiger partial charge in [0, 0.05) is 6.04 Å². The fraction of sp³-hybridized carbons (Fsp3) is 0.533. The van der Waals surface area contributed by atoms with Gasteiger partial charge in [0.15, 0.2) is 0 Å². The van der Waals surface area contributed by atoms with E-state index in [1.807, 2.05) is 18.2 Å². The molecule has 0 bridgehead atoms. The van der Waals surface area contributed by atoms with Gasteiger partial charge >= 0.3 is 5.97 Å². The highest BCUT2D eigenvalue weighted by Crippen LogP contribution is 2.17. The first kappa shape index (κ1) is 14.7. The number of carboxylic acids is 1. The quantitative estimate of drug-likeness (QED) is 0.781. The van der Waals surface area contributed by atoms with Crippen molar-refractivity contribution < 1.29 is 9.90 Å². The van der Waals surface area contributed by atoms with Crippen molar-refractivity contribution in [2.75, 3.05) is 0 Å². The second kappa shape index (κ2) is 7.17. The van der Waals surface area contributed by atoms with Crippen molar-refractivity contribution in [3.05, 3.63) is 35.9 Å². The highest BCUT2D eigenvalue weighted by atomic mass is 16.4. The Labute approximate surface area is 109 Å². The van der Waals surface area contributed by atoms with E-state index in [1.54, 1.807) is 6.92 Å². The molecule has 3 heteroatoms. The Morgan fingerprint density at radius 2 is 1.89 bits per heavy atom. The minimum Gasteiger partial charge on any atom is -0.481 e. The number of carboxylic acid groups (broad SMARTS) is 1. The normalized spacial score (nSPS) is 15.9. The van der Waals surface area contributed by atoms with Gasteiger partial charge in [0.05, 0.1) is 5.92 Å². The lowest BCUT2D eigenvalue weighted by Crippen LogP contribution is -2.35. The Balaban J connectivity index is 2.33. The van der Waals surface area contributed by atoms with E-state index in [2.05, 4.69) is 19.1 Å². The summed E-state index contributed by atoms with van der Waals surface area (Å²) in [6, 6.07) is 10.1. The monoisotopic (exact) mass is 249 g/mol. The highest BCUT2D eigenvalue weighted by molar-refractivity contribution is 5.70. The molecule has 0 saturated heterocycles. The van der Waals surface area contributed by atoms with Crippen LogP contribution in [0.25, 0.3) is 0 Å². The van der Waals surface area contributed by atoms with Crippen LogP contribution in [-0.2, 0) is 11.2 Å². The van der Waals surface area contributed by atoms with E-state index in [1.165, 1.54) is 5.56 Å². The number of carbonyl (C=O) groups is 1. The standard InChI is InChI=1S/C15H23NO2/c1-11(10-14(16)12(2)15(17)18)8-9-13-6-4-3-5-7-13/h3-7,11-12,14H,8-10,16H2,1-2H3,(H,17,18)/t11-,12?,14+/m1/s1. The molecule has 0 saturated carbocycles. The summed E-state index contributed by atoms with van der Waals surface area (Å²) < 4.78 is 0. The molecular formula is C15H23NO2. The predicted octanol–water partition coefficient (Wildman–Crippen LogP) is 2.69. The molecule has 0 spiro atoms. The third-order valence-corrected chi connectivity index (χ3v) is 3.47. The number of rotatable bonds is 7. The SMILES string of the molecule is CC(C(=O)O)[C@@H](N)C[C@H](C)CCc1ccccc1. The first-order valence-electron chi connectivity index (χ1n) is 6.53. The van der Waals surface area contributed by atoms with Gasteiger partial charge in [0.2, 0.25) is 0 Å². The largest absolute Gasteiger partial charge is 0.481 e. The fourth-order valence-corrected chi connectivity index (χ4v) is 2.03. The Kier molecular flexibility index (Phi) is 5.86. The summed E-state index contributed by atoms with van der Waals surface area (Å²) in [6.07, 6.45) is 2.83. The highest BCUT2D eigenvalue weighted by Gasteiger charge is 2.21. The van der Waals surface area contributed by atoms with E-state index < -0.39 is 11.9 Å². The summed E-state index contributed by atoms with van der Waals surface area (Å²) >= 11 is 0. The lowest BCUT2D eigenvalue weighted by Gasteiger charge is -2.20. The zero-order valence-corrected chi connectivity index (χ0v) is 11.2. The topological polar surface area (TPSA) is 63.3 Å². The zero-order valence-electron chi connectivity index (χ0n) is 11.2. The van der Waals surface area contributed by atoms with Crippen LogP contribution in [0.1, 0.15) is 32.3 Å². The van der Waals surface area contributed by atoms with E-state index >= 15 is 0 Å². The van der Waals surface area contributed by atoms with Crippen molar-refractivity contribution in [2.24, 2.45) is 17.6 Å². The predicted molar refractivity (Wildman–Crippen MR) is 73.3 cm³/mol. The van der Waals surface area contributed by atoms with Gasteiger partial charge in [-0.3, -0.25) is 4.79 Å². The lowest BCUT2D eigenvalue weighted by molar-refractivity contribution is -0.141. The summed E-state index contributed by atoms with van der Waals surface area (Å²) in [6.45, 7) is 3.81. The van der Waals surface area contributed by atoms with Crippen LogP contribution in [0.3, 0.4) is 0 Å². The Bertz CT molecular complexity index is 364. The minimum absolute atomic E-state index is 0.256. The smallest absolute Gasteiger partial charge is 0.307 e. The van der Waals surface area contributed by atoms with E-state index in [9.17, 15) is 4.79 Å². The molecule has 0 heterocycles. The molecule has 0 aliphatic carbocycles. The molecule has 0 amide bonds. The van der Waals surface area contributed by atoms with Gasteiger partial charge in [-0.2, -0.15) is 0 Å². The maximum Gasteiger partial charge on any atom is 0.307 e. The van der Waals surface area contributed by atoms with Crippen LogP contribution >= 0.6 is 0 Å². The van der Waals surface area contributed by atoms with Gasteiger partial charge in [-0.15, -0.1) is 0 Å². The molecule has 100 valence electrons. The summed E-state index contributed by atoms with van der Waals surface area (Å²) in [5, 5.41) is 8.89. The summed E-state index contributed by atoms with van der Waals surface area (Å²) in [7, 11) is 0. The fourth-order valence-electron chi connectivity index (χ4n) is 2.03. The number of aliphatic carboxylic acids is 1. The minimum atomic E-state index is -0.808. The number of hydrogen-bond acceptors (Lipinski definition) is 2. The summed E-state index contributed by atoms with van der Waals surface area (Å²) in [5.74, 6) is -0.830. The lowest BCUT2D eigenvalue weighted by atomic mass is 9.90. The van der Waals surface area contributed by atoms with E-state index in [-0.39, 0.29) is 6.04 Å². The van der Waals surface area contributed by atoms with Crippen LogP contribution in [-0.4, -0.2) is 17.1 Å². The van der Waals surface area contributed by atoms with Crippen LogP contribution in [0.4, 0.5) is 0 Å². The molecule has 0 fully saturated rings. The Morgan fingerprint density at radius 1 is 1.28 bits per heavy atom. The maximum absolute atomic E-state index is 10.8. The molecule has 1 rings (SSSR count). The maximum atomic E-state index is 10.8. The first-order chi connectivity index (χ1) is 8.50. The van der Waals surface area contributed by atoms with Crippen LogP contribution in [0.5, 0.6) is 0 Å². The average Bonchev–Trinajstić information content (AvgIpc) is 2.36. The molecule has 18 heavy (non-hydrogen) atoms. The molecule has 0 aliphatic heterocycles. The molecule has 0 radical (unpaired) electrons. The van der Waals surface area contributed by atoms with Crippen LogP contribution in [0, 0.1) is 11.8 Å². The van der Waals surface area contributed by atoms with Crippen molar-refractivity contribution in [1.82, 2.24) is 0 Å². The van der Waals surface area contributed by atoms with E-state index in [0.29, 0.717) is 5.92 Å². The Morgan fingerprint density at radius 3 is 2.44 bits per heavy atom. The van der Waals surface area contributed by atoms with Crippen molar-refractivity contribution in [1.29, 1.82) is 0 Å². The number of benzene rings is 1. The molecule has 0 aromatic heterocycles. The summed E-state index contributed by atoms with van der Waals surface area (Å²) in [5.41, 5.74) is 7.23. The van der Waals surface area contributed by atoms with Crippen LogP contribution in [0.15, 0.2) is 30.3 Å². The van der Waals surface area contributed by atoms with Crippen LogP contribution < -0.4 is 5.73 Å². The van der Waals surface area contributed by atoms with Crippen LogP contribution in [0.2, 0.25) is 0 Å². The second-order valence-electron chi connectivity index (χ2n) is 5.16. The molecule has 0 aliphatic rings.